The van der Waals surface area contributed by atoms with Gasteiger partial charge in [0.1, 0.15) is 6.29 Å². The van der Waals surface area contributed by atoms with E-state index < -0.39 is 12.0 Å². The molecule has 2 atom stereocenters. The molecule has 126 valence electrons. The maximum Gasteiger partial charge on any atom is 0.305 e. The van der Waals surface area contributed by atoms with Gasteiger partial charge in [-0.3, -0.25) is 4.79 Å². The zero-order valence-electron chi connectivity index (χ0n) is 14.1. The summed E-state index contributed by atoms with van der Waals surface area (Å²) in [4.78, 5) is 21.4. The lowest BCUT2D eigenvalue weighted by atomic mass is 9.72. The fourth-order valence-corrected chi connectivity index (χ4v) is 3.50. The average molecular weight is 310 g/mol. The minimum Gasteiger partial charge on any atom is -0.481 e. The lowest BCUT2D eigenvalue weighted by molar-refractivity contribution is -0.138. The highest BCUT2D eigenvalue weighted by Crippen LogP contribution is 2.54. The van der Waals surface area contributed by atoms with Crippen LogP contribution in [0.25, 0.3) is 0 Å². The van der Waals surface area contributed by atoms with Crippen molar-refractivity contribution in [2.24, 2.45) is 22.5 Å². The molecule has 0 spiro atoms. The molecule has 0 aromatic carbocycles. The highest BCUT2D eigenvalue weighted by molar-refractivity contribution is 5.73. The number of hydrogen-bond acceptors (Lipinski definition) is 4. The highest BCUT2D eigenvalue weighted by atomic mass is 16.4. The van der Waals surface area contributed by atoms with E-state index in [0.29, 0.717) is 18.7 Å². The number of nitrogens with two attached hydrogens (primary N) is 1. The van der Waals surface area contributed by atoms with Crippen LogP contribution in [0.15, 0.2) is 12.2 Å². The van der Waals surface area contributed by atoms with Crippen LogP contribution < -0.4 is 11.1 Å². The van der Waals surface area contributed by atoms with Crippen LogP contribution in [0.4, 0.5) is 0 Å². The molecule has 0 aromatic heterocycles. The Kier molecular flexibility index (Phi) is 6.32. The summed E-state index contributed by atoms with van der Waals surface area (Å²) < 4.78 is 0. The number of nitrogens with one attached hydrogen (secondary N) is 1. The van der Waals surface area contributed by atoms with Crippen LogP contribution in [0, 0.1) is 16.7 Å². The number of carbonyl (C=O) groups is 2. The van der Waals surface area contributed by atoms with Gasteiger partial charge in [-0.1, -0.05) is 39.8 Å². The molecule has 1 saturated carbocycles. The average Bonchev–Trinajstić information content (AvgIpc) is 2.61. The predicted molar refractivity (Wildman–Crippen MR) is 87.5 cm³/mol. The molecule has 0 aromatic rings. The normalized spacial score (nSPS) is 23.5. The van der Waals surface area contributed by atoms with Gasteiger partial charge in [0.05, 0.1) is 12.5 Å². The van der Waals surface area contributed by atoms with E-state index in [9.17, 15) is 9.59 Å². The number of hydrogen-bond donors (Lipinski definition) is 3. The van der Waals surface area contributed by atoms with E-state index in [1.54, 1.807) is 0 Å². The number of aliphatic carboxylic acids is 1. The molecule has 4 N–H and O–H groups in total. The van der Waals surface area contributed by atoms with Gasteiger partial charge in [0.25, 0.3) is 0 Å². The summed E-state index contributed by atoms with van der Waals surface area (Å²) in [6.45, 7) is 9.54. The van der Waals surface area contributed by atoms with Crippen molar-refractivity contribution in [1.29, 1.82) is 0 Å². The van der Waals surface area contributed by atoms with Crippen LogP contribution in [0.3, 0.4) is 0 Å². The largest absolute Gasteiger partial charge is 0.481 e. The molecule has 1 aliphatic rings. The summed E-state index contributed by atoms with van der Waals surface area (Å²) in [7, 11) is 0. The number of carboxylic acid groups (broad SMARTS) is 1. The molecule has 0 aliphatic heterocycles. The van der Waals surface area contributed by atoms with Crippen molar-refractivity contribution in [3.63, 3.8) is 0 Å². The second kappa shape index (κ2) is 7.38. The maximum absolute atomic E-state index is 10.8. The van der Waals surface area contributed by atoms with Gasteiger partial charge >= 0.3 is 5.97 Å². The van der Waals surface area contributed by atoms with Crippen molar-refractivity contribution < 1.29 is 14.7 Å². The summed E-state index contributed by atoms with van der Waals surface area (Å²) in [5, 5.41) is 11.6. The SMILES string of the molecule is CC1(C)CCC(C)(C)C1C=CC(N)CN[C@@H](C=O)CC(=O)O. The van der Waals surface area contributed by atoms with Crippen molar-refractivity contribution in [1.82, 2.24) is 5.32 Å². The van der Waals surface area contributed by atoms with Crippen LogP contribution in [-0.2, 0) is 9.59 Å². The number of carbonyl (C=O) groups excluding carboxylic acids is 1. The summed E-state index contributed by atoms with van der Waals surface area (Å²) in [5.41, 5.74) is 6.58. The van der Waals surface area contributed by atoms with E-state index in [4.69, 9.17) is 10.8 Å². The molecule has 1 fully saturated rings. The Morgan fingerprint density at radius 2 is 1.86 bits per heavy atom. The minimum atomic E-state index is -0.997. The van der Waals surface area contributed by atoms with Gasteiger partial charge in [-0.2, -0.15) is 0 Å². The van der Waals surface area contributed by atoms with Gasteiger partial charge in [-0.25, -0.2) is 0 Å². The van der Waals surface area contributed by atoms with Crippen molar-refractivity contribution in [2.45, 2.75) is 59.0 Å². The lowest BCUT2D eigenvalue weighted by Gasteiger charge is -2.33. The van der Waals surface area contributed by atoms with Gasteiger partial charge in [0.2, 0.25) is 0 Å². The zero-order valence-corrected chi connectivity index (χ0v) is 14.1. The third-order valence-corrected chi connectivity index (χ3v) is 4.82. The van der Waals surface area contributed by atoms with Crippen molar-refractivity contribution in [3.8, 4) is 0 Å². The standard InChI is InChI=1S/C17H30N2O3/c1-16(2)7-8-17(3,4)14(16)6-5-12(18)10-19-13(11-20)9-15(21)22/h5-6,11-14,19H,7-10,18H2,1-4H3,(H,21,22)/t12?,13-/m1/s1. The van der Waals surface area contributed by atoms with Gasteiger partial charge in [-0.15, -0.1) is 0 Å². The first-order valence-electron chi connectivity index (χ1n) is 7.93. The van der Waals surface area contributed by atoms with E-state index in [1.165, 1.54) is 12.8 Å². The van der Waals surface area contributed by atoms with Crippen LogP contribution in [-0.4, -0.2) is 36.0 Å². The molecule has 0 amide bonds. The lowest BCUT2D eigenvalue weighted by Crippen LogP contribution is -2.40. The van der Waals surface area contributed by atoms with Gasteiger partial charge < -0.3 is 21.0 Å². The summed E-state index contributed by atoms with van der Waals surface area (Å²) in [6, 6.07) is -0.917. The Morgan fingerprint density at radius 1 is 1.32 bits per heavy atom. The second-order valence-electron chi connectivity index (χ2n) is 7.75. The molecule has 22 heavy (non-hydrogen) atoms. The van der Waals surface area contributed by atoms with E-state index in [1.807, 2.05) is 6.08 Å². The molecule has 1 unspecified atom stereocenters. The molecule has 0 bridgehead atoms. The minimum absolute atomic E-state index is 0.220. The summed E-state index contributed by atoms with van der Waals surface area (Å²) in [5.74, 6) is -0.532. The van der Waals surface area contributed by atoms with Crippen LogP contribution in [0.1, 0.15) is 47.0 Å². The van der Waals surface area contributed by atoms with Gasteiger partial charge in [-0.05, 0) is 29.6 Å². The fourth-order valence-electron chi connectivity index (χ4n) is 3.50. The van der Waals surface area contributed by atoms with E-state index in [0.717, 1.165) is 0 Å². The van der Waals surface area contributed by atoms with Crippen LogP contribution >= 0.6 is 0 Å². The first kappa shape index (κ1) is 18.8. The van der Waals surface area contributed by atoms with Crippen LogP contribution in [0.5, 0.6) is 0 Å². The highest BCUT2D eigenvalue weighted by Gasteiger charge is 2.45. The van der Waals surface area contributed by atoms with Crippen molar-refractivity contribution in [2.75, 3.05) is 6.54 Å². The smallest absolute Gasteiger partial charge is 0.305 e. The molecule has 1 aliphatic carbocycles. The molecule has 0 saturated heterocycles. The Morgan fingerprint density at radius 3 is 2.32 bits per heavy atom. The fraction of sp³-hybridized carbons (Fsp3) is 0.765. The Labute approximate surface area is 133 Å². The number of rotatable bonds is 8. The molecule has 1 rings (SSSR count). The van der Waals surface area contributed by atoms with E-state index in [-0.39, 0.29) is 23.3 Å². The molecule has 0 heterocycles. The molecule has 5 heteroatoms. The molecular weight excluding hydrogens is 280 g/mol. The van der Waals surface area contributed by atoms with Crippen LogP contribution in [0.2, 0.25) is 0 Å². The zero-order chi connectivity index (χ0) is 17.0. The number of allylic oxidation sites excluding steroid dienone is 1. The first-order chi connectivity index (χ1) is 10.1. The maximum atomic E-state index is 10.8. The summed E-state index contributed by atoms with van der Waals surface area (Å²) >= 11 is 0. The molecule has 0 radical (unpaired) electrons. The number of carboxylic acids is 1. The Bertz CT molecular complexity index is 414. The van der Waals surface area contributed by atoms with Crippen molar-refractivity contribution >= 4 is 12.3 Å². The Balaban J connectivity index is 2.55. The third-order valence-electron chi connectivity index (χ3n) is 4.82. The first-order valence-corrected chi connectivity index (χ1v) is 7.93. The van der Waals surface area contributed by atoms with Crippen molar-refractivity contribution in [3.05, 3.63) is 12.2 Å². The Hall–Kier alpha value is -1.20. The number of aldehydes is 1. The monoisotopic (exact) mass is 310 g/mol. The predicted octanol–water partition coefficient (Wildman–Crippen LogP) is 1.96. The van der Waals surface area contributed by atoms with Gasteiger partial charge in [0.15, 0.2) is 0 Å². The van der Waals surface area contributed by atoms with E-state index >= 15 is 0 Å². The molecule has 5 nitrogen and oxygen atoms in total. The third kappa shape index (κ3) is 5.21. The van der Waals surface area contributed by atoms with E-state index in [2.05, 4.69) is 39.1 Å². The van der Waals surface area contributed by atoms with Gasteiger partial charge in [0, 0.05) is 12.6 Å². The summed E-state index contributed by atoms with van der Waals surface area (Å²) in [6.07, 6.45) is 6.99. The quantitative estimate of drug-likeness (QED) is 0.471. The topological polar surface area (TPSA) is 92.4 Å². The molecular formula is C17H30N2O3. The second-order valence-corrected chi connectivity index (χ2v) is 7.75.